The van der Waals surface area contributed by atoms with Crippen molar-refractivity contribution < 1.29 is 13.5 Å². The summed E-state index contributed by atoms with van der Waals surface area (Å²) in [7, 11) is -3.02. The predicted octanol–water partition coefficient (Wildman–Crippen LogP) is 0.821. The molecule has 0 amide bonds. The van der Waals surface area contributed by atoms with Gasteiger partial charge in [-0.05, 0) is 43.9 Å². The number of piperidine rings is 1. The number of aliphatic hydroxyl groups is 1. The molecule has 1 aliphatic heterocycles. The lowest BCUT2D eigenvalue weighted by molar-refractivity contribution is 0.202. The number of rotatable bonds is 5. The SMILES string of the molecule is O=S(=O)(CC1CC1)N1CCCC(CCO)C1. The van der Waals surface area contributed by atoms with Crippen molar-refractivity contribution in [2.75, 3.05) is 25.4 Å². The summed E-state index contributed by atoms with van der Waals surface area (Å²) in [5, 5.41) is 8.90. The minimum atomic E-state index is -3.02. The molecule has 1 atom stereocenters. The Bertz CT molecular complexity index is 322. The second-order valence-electron chi connectivity index (χ2n) is 5.10. The lowest BCUT2D eigenvalue weighted by Crippen LogP contribution is -2.41. The van der Waals surface area contributed by atoms with E-state index in [-0.39, 0.29) is 6.61 Å². The molecule has 94 valence electrons. The summed E-state index contributed by atoms with van der Waals surface area (Å²) in [5.41, 5.74) is 0. The van der Waals surface area contributed by atoms with Crippen LogP contribution >= 0.6 is 0 Å². The molecule has 1 heterocycles. The molecule has 1 unspecified atom stereocenters. The summed E-state index contributed by atoms with van der Waals surface area (Å²) in [6, 6.07) is 0. The first-order valence-electron chi connectivity index (χ1n) is 6.20. The van der Waals surface area contributed by atoms with E-state index in [1.165, 1.54) is 0 Å². The number of nitrogens with zero attached hydrogens (tertiary/aromatic N) is 1. The monoisotopic (exact) mass is 247 g/mol. The second kappa shape index (κ2) is 5.02. The van der Waals surface area contributed by atoms with Gasteiger partial charge in [-0.2, -0.15) is 0 Å². The van der Waals surface area contributed by atoms with Crippen molar-refractivity contribution in [2.24, 2.45) is 11.8 Å². The maximum absolute atomic E-state index is 12.0. The van der Waals surface area contributed by atoms with Crippen LogP contribution in [-0.4, -0.2) is 43.3 Å². The molecule has 0 aromatic rings. The van der Waals surface area contributed by atoms with Gasteiger partial charge in [0.05, 0.1) is 5.75 Å². The average Bonchev–Trinajstić information content (AvgIpc) is 3.02. The highest BCUT2D eigenvalue weighted by Crippen LogP contribution is 2.32. The van der Waals surface area contributed by atoms with Gasteiger partial charge in [-0.3, -0.25) is 0 Å². The molecule has 1 N–H and O–H groups in total. The summed E-state index contributed by atoms with van der Waals surface area (Å²) in [4.78, 5) is 0. The zero-order chi connectivity index (χ0) is 11.6. The van der Waals surface area contributed by atoms with Gasteiger partial charge in [-0.25, -0.2) is 12.7 Å². The smallest absolute Gasteiger partial charge is 0.214 e. The van der Waals surface area contributed by atoms with E-state index in [1.807, 2.05) is 0 Å². The van der Waals surface area contributed by atoms with Crippen molar-refractivity contribution in [3.05, 3.63) is 0 Å². The standard InChI is InChI=1S/C11H21NO3S/c13-7-5-10-2-1-6-12(8-10)16(14,15)9-11-3-4-11/h10-11,13H,1-9H2. The maximum atomic E-state index is 12.0. The van der Waals surface area contributed by atoms with Crippen LogP contribution in [0.15, 0.2) is 0 Å². The number of hydrogen-bond acceptors (Lipinski definition) is 3. The molecule has 2 rings (SSSR count). The summed E-state index contributed by atoms with van der Waals surface area (Å²) in [6.45, 7) is 1.47. The second-order valence-corrected chi connectivity index (χ2v) is 7.11. The van der Waals surface area contributed by atoms with E-state index in [1.54, 1.807) is 4.31 Å². The molecule has 2 aliphatic rings. The van der Waals surface area contributed by atoms with Crippen LogP contribution in [-0.2, 0) is 10.0 Å². The van der Waals surface area contributed by atoms with E-state index in [4.69, 9.17) is 5.11 Å². The average molecular weight is 247 g/mol. The van der Waals surface area contributed by atoms with Gasteiger partial charge >= 0.3 is 0 Å². The summed E-state index contributed by atoms with van der Waals surface area (Å²) < 4.78 is 25.7. The zero-order valence-electron chi connectivity index (χ0n) is 9.64. The largest absolute Gasteiger partial charge is 0.396 e. The molecule has 5 heteroatoms. The molecule has 0 spiro atoms. The Labute approximate surface area is 97.7 Å². The van der Waals surface area contributed by atoms with Crippen molar-refractivity contribution in [1.82, 2.24) is 4.31 Å². The fourth-order valence-corrected chi connectivity index (χ4v) is 4.37. The fraction of sp³-hybridized carbons (Fsp3) is 1.00. The van der Waals surface area contributed by atoms with Gasteiger partial charge in [0, 0.05) is 19.7 Å². The van der Waals surface area contributed by atoms with Crippen molar-refractivity contribution in [1.29, 1.82) is 0 Å². The number of aliphatic hydroxyl groups excluding tert-OH is 1. The van der Waals surface area contributed by atoms with Gasteiger partial charge in [0.25, 0.3) is 0 Å². The Morgan fingerprint density at radius 2 is 1.94 bits per heavy atom. The Balaban J connectivity index is 1.91. The third-order valence-electron chi connectivity index (χ3n) is 3.56. The van der Waals surface area contributed by atoms with Crippen molar-refractivity contribution >= 4 is 10.0 Å². The highest BCUT2D eigenvalue weighted by atomic mass is 32.2. The van der Waals surface area contributed by atoms with E-state index in [0.29, 0.717) is 30.7 Å². The minimum absolute atomic E-state index is 0.168. The Morgan fingerprint density at radius 3 is 2.56 bits per heavy atom. The van der Waals surface area contributed by atoms with Gasteiger partial charge < -0.3 is 5.11 Å². The molecule has 1 aliphatic carbocycles. The van der Waals surface area contributed by atoms with Gasteiger partial charge in [0.1, 0.15) is 0 Å². The van der Waals surface area contributed by atoms with Gasteiger partial charge in [-0.1, -0.05) is 0 Å². The molecule has 1 saturated heterocycles. The van der Waals surface area contributed by atoms with Crippen molar-refractivity contribution in [2.45, 2.75) is 32.1 Å². The third kappa shape index (κ3) is 3.18. The molecular weight excluding hydrogens is 226 g/mol. The van der Waals surface area contributed by atoms with Crippen molar-refractivity contribution in [3.8, 4) is 0 Å². The highest BCUT2D eigenvalue weighted by Gasteiger charge is 2.34. The van der Waals surface area contributed by atoms with Crippen LogP contribution in [0.2, 0.25) is 0 Å². The van der Waals surface area contributed by atoms with Gasteiger partial charge in [0.15, 0.2) is 0 Å². The van der Waals surface area contributed by atoms with Crippen LogP contribution in [0.25, 0.3) is 0 Å². The summed E-state index contributed by atoms with van der Waals surface area (Å²) in [5.74, 6) is 1.12. The summed E-state index contributed by atoms with van der Waals surface area (Å²) in [6.07, 6.45) is 4.88. The molecule has 1 saturated carbocycles. The van der Waals surface area contributed by atoms with E-state index in [9.17, 15) is 8.42 Å². The molecule has 2 fully saturated rings. The molecule has 0 bridgehead atoms. The summed E-state index contributed by atoms with van der Waals surface area (Å²) >= 11 is 0. The highest BCUT2D eigenvalue weighted by molar-refractivity contribution is 7.89. The van der Waals surface area contributed by atoms with E-state index in [0.717, 1.165) is 32.1 Å². The van der Waals surface area contributed by atoms with Crippen molar-refractivity contribution in [3.63, 3.8) is 0 Å². The molecule has 0 aromatic carbocycles. The Kier molecular flexibility index (Phi) is 3.87. The van der Waals surface area contributed by atoms with Crippen LogP contribution in [0, 0.1) is 11.8 Å². The van der Waals surface area contributed by atoms with E-state index < -0.39 is 10.0 Å². The third-order valence-corrected chi connectivity index (χ3v) is 5.57. The lowest BCUT2D eigenvalue weighted by Gasteiger charge is -2.31. The molecular formula is C11H21NO3S. The van der Waals surface area contributed by atoms with Crippen LogP contribution in [0.3, 0.4) is 0 Å². The van der Waals surface area contributed by atoms with Crippen LogP contribution in [0.1, 0.15) is 32.1 Å². The lowest BCUT2D eigenvalue weighted by atomic mass is 9.97. The first-order valence-corrected chi connectivity index (χ1v) is 7.81. The molecule has 4 nitrogen and oxygen atoms in total. The van der Waals surface area contributed by atoms with Crippen LogP contribution < -0.4 is 0 Å². The molecule has 0 radical (unpaired) electrons. The minimum Gasteiger partial charge on any atom is -0.396 e. The Morgan fingerprint density at radius 1 is 1.19 bits per heavy atom. The topological polar surface area (TPSA) is 57.6 Å². The first kappa shape index (κ1) is 12.3. The molecule has 16 heavy (non-hydrogen) atoms. The number of hydrogen-bond donors (Lipinski definition) is 1. The van der Waals surface area contributed by atoms with E-state index >= 15 is 0 Å². The normalized spacial score (nSPS) is 28.2. The van der Waals surface area contributed by atoms with Crippen LogP contribution in [0.5, 0.6) is 0 Å². The van der Waals surface area contributed by atoms with Gasteiger partial charge in [-0.15, -0.1) is 0 Å². The number of sulfonamides is 1. The quantitative estimate of drug-likeness (QED) is 0.782. The fourth-order valence-electron chi connectivity index (χ4n) is 2.39. The van der Waals surface area contributed by atoms with E-state index in [2.05, 4.69) is 0 Å². The zero-order valence-corrected chi connectivity index (χ0v) is 10.5. The Hall–Kier alpha value is -0.130. The first-order chi connectivity index (χ1) is 7.62. The van der Waals surface area contributed by atoms with Crippen LogP contribution in [0.4, 0.5) is 0 Å². The van der Waals surface area contributed by atoms with Gasteiger partial charge in [0.2, 0.25) is 10.0 Å². The predicted molar refractivity (Wildman–Crippen MR) is 62.5 cm³/mol. The maximum Gasteiger partial charge on any atom is 0.214 e. The molecule has 0 aromatic heterocycles.